The summed E-state index contributed by atoms with van der Waals surface area (Å²) in [7, 11) is 1.75. The summed E-state index contributed by atoms with van der Waals surface area (Å²) in [5, 5.41) is 22.4. The van der Waals surface area contributed by atoms with Gasteiger partial charge in [-0.15, -0.1) is 0 Å². The van der Waals surface area contributed by atoms with Gasteiger partial charge in [0.25, 0.3) is 5.91 Å². The van der Waals surface area contributed by atoms with Crippen molar-refractivity contribution in [3.05, 3.63) is 29.8 Å². The molecular formula is C12H16N2O3. The van der Waals surface area contributed by atoms with Gasteiger partial charge in [0.2, 0.25) is 0 Å². The molecule has 1 aromatic carbocycles. The Morgan fingerprint density at radius 2 is 2.06 bits per heavy atom. The first-order valence-electron chi connectivity index (χ1n) is 5.54. The van der Waals surface area contributed by atoms with E-state index >= 15 is 0 Å². The molecule has 0 spiro atoms. The second-order valence-electron chi connectivity index (χ2n) is 4.31. The Morgan fingerprint density at radius 1 is 1.41 bits per heavy atom. The van der Waals surface area contributed by atoms with Crippen molar-refractivity contribution in [2.75, 3.05) is 7.05 Å². The van der Waals surface area contributed by atoms with E-state index in [-0.39, 0.29) is 23.3 Å². The van der Waals surface area contributed by atoms with Gasteiger partial charge in [0.15, 0.2) is 0 Å². The number of amides is 1. The molecule has 1 amide bonds. The number of carbonyl (C=O) groups is 1. The summed E-state index contributed by atoms with van der Waals surface area (Å²) < 4.78 is 0. The summed E-state index contributed by atoms with van der Waals surface area (Å²) in [6.07, 6.45) is -0.322. The van der Waals surface area contributed by atoms with Crippen LogP contribution in [0.2, 0.25) is 0 Å². The number of para-hydroxylation sites is 1. The number of hydrazine groups is 1. The molecule has 0 radical (unpaired) electrons. The van der Waals surface area contributed by atoms with E-state index in [1.165, 1.54) is 11.1 Å². The number of aliphatic hydroxyl groups is 1. The zero-order chi connectivity index (χ0) is 12.6. The summed E-state index contributed by atoms with van der Waals surface area (Å²) in [6, 6.07) is 6.43. The lowest BCUT2D eigenvalue weighted by molar-refractivity contribution is -0.0503. The largest absolute Gasteiger partial charge is 0.507 e. The van der Waals surface area contributed by atoms with Gasteiger partial charge in [0, 0.05) is 19.5 Å². The van der Waals surface area contributed by atoms with Crippen LogP contribution < -0.4 is 0 Å². The Balaban J connectivity index is 2.30. The molecular weight excluding hydrogens is 220 g/mol. The van der Waals surface area contributed by atoms with Crippen LogP contribution in [0.5, 0.6) is 5.75 Å². The highest BCUT2D eigenvalue weighted by atomic mass is 16.3. The highest BCUT2D eigenvalue weighted by molar-refractivity contribution is 5.96. The van der Waals surface area contributed by atoms with Crippen LogP contribution in [0.25, 0.3) is 0 Å². The minimum atomic E-state index is -0.831. The van der Waals surface area contributed by atoms with Crippen molar-refractivity contribution < 1.29 is 15.0 Å². The minimum Gasteiger partial charge on any atom is -0.507 e. The molecule has 1 heterocycles. The molecule has 5 heteroatoms. The lowest BCUT2D eigenvalue weighted by atomic mass is 10.2. The molecule has 1 fully saturated rings. The minimum absolute atomic E-state index is 0.0716. The Labute approximate surface area is 99.9 Å². The summed E-state index contributed by atoms with van der Waals surface area (Å²) in [5.74, 6) is -0.458. The van der Waals surface area contributed by atoms with E-state index in [2.05, 4.69) is 0 Å². The average Bonchev–Trinajstić information content (AvgIpc) is 2.53. The van der Waals surface area contributed by atoms with Crippen LogP contribution >= 0.6 is 0 Å². The number of aliphatic hydroxyl groups excluding tert-OH is 1. The Hall–Kier alpha value is -1.59. The Morgan fingerprint density at radius 3 is 2.59 bits per heavy atom. The van der Waals surface area contributed by atoms with Crippen molar-refractivity contribution in [1.29, 1.82) is 0 Å². The van der Waals surface area contributed by atoms with E-state index in [4.69, 9.17) is 0 Å². The van der Waals surface area contributed by atoms with Crippen molar-refractivity contribution in [2.24, 2.45) is 0 Å². The van der Waals surface area contributed by atoms with E-state index in [0.717, 1.165) is 0 Å². The fourth-order valence-corrected chi connectivity index (χ4v) is 2.04. The van der Waals surface area contributed by atoms with Gasteiger partial charge < -0.3 is 10.2 Å². The fourth-order valence-electron chi connectivity index (χ4n) is 2.04. The highest BCUT2D eigenvalue weighted by Gasteiger charge is 2.37. The van der Waals surface area contributed by atoms with E-state index in [9.17, 15) is 15.0 Å². The van der Waals surface area contributed by atoms with Gasteiger partial charge in [-0.3, -0.25) is 4.79 Å². The first-order valence-corrected chi connectivity index (χ1v) is 5.54. The van der Waals surface area contributed by atoms with Gasteiger partial charge in [-0.1, -0.05) is 12.1 Å². The van der Waals surface area contributed by atoms with Crippen LogP contribution in [-0.2, 0) is 0 Å². The summed E-state index contributed by atoms with van der Waals surface area (Å²) in [6.45, 7) is 1.93. The van der Waals surface area contributed by atoms with Crippen molar-refractivity contribution >= 4 is 5.91 Å². The number of benzene rings is 1. The van der Waals surface area contributed by atoms with Crippen LogP contribution in [-0.4, -0.2) is 45.5 Å². The molecule has 5 nitrogen and oxygen atoms in total. The molecule has 0 saturated carbocycles. The third-order valence-corrected chi connectivity index (χ3v) is 3.15. The number of aromatic hydroxyl groups is 1. The number of phenols is 1. The molecule has 92 valence electrons. The molecule has 2 atom stereocenters. The smallest absolute Gasteiger partial charge is 0.274 e. The Bertz CT molecular complexity index is 436. The maximum absolute atomic E-state index is 12.2. The molecule has 2 N–H and O–H groups in total. The fraction of sp³-hybridized carbons (Fsp3) is 0.417. The molecule has 2 rings (SSSR count). The standard InChI is InChI=1S/C12H16N2O3/c1-8-7-11(16)14(13(8)2)12(17)9-5-3-4-6-10(9)15/h3-6,8,11,15-16H,7H2,1-2H3/t8-,11-/m0/s1. The van der Waals surface area contributed by atoms with Gasteiger partial charge >= 0.3 is 0 Å². The van der Waals surface area contributed by atoms with Gasteiger partial charge in [0.1, 0.15) is 12.0 Å². The number of hydrogen-bond donors (Lipinski definition) is 2. The van der Waals surface area contributed by atoms with E-state index in [0.29, 0.717) is 6.42 Å². The third kappa shape index (κ3) is 1.99. The SMILES string of the molecule is C[C@H]1C[C@H](O)N(C(=O)c2ccccc2O)N1C. The molecule has 0 unspecified atom stereocenters. The predicted octanol–water partition coefficient (Wildman–Crippen LogP) is 0.792. The summed E-state index contributed by atoms with van der Waals surface area (Å²) >= 11 is 0. The highest BCUT2D eigenvalue weighted by Crippen LogP contribution is 2.26. The zero-order valence-electron chi connectivity index (χ0n) is 9.87. The molecule has 0 aliphatic carbocycles. The molecule has 1 aliphatic heterocycles. The molecule has 17 heavy (non-hydrogen) atoms. The molecule has 1 aromatic rings. The molecule has 1 aliphatic rings. The second kappa shape index (κ2) is 4.35. The lowest BCUT2D eigenvalue weighted by Gasteiger charge is -2.28. The van der Waals surface area contributed by atoms with Gasteiger partial charge in [-0.2, -0.15) is 0 Å². The first-order chi connectivity index (χ1) is 8.02. The Kier molecular flexibility index (Phi) is 3.04. The van der Waals surface area contributed by atoms with E-state index < -0.39 is 6.23 Å². The van der Waals surface area contributed by atoms with Gasteiger partial charge in [-0.25, -0.2) is 10.0 Å². The van der Waals surface area contributed by atoms with Crippen molar-refractivity contribution in [1.82, 2.24) is 10.0 Å². The van der Waals surface area contributed by atoms with Gasteiger partial charge in [-0.05, 0) is 19.1 Å². The number of hydrogen-bond acceptors (Lipinski definition) is 4. The maximum Gasteiger partial charge on any atom is 0.274 e. The predicted molar refractivity (Wildman–Crippen MR) is 62.1 cm³/mol. The first kappa shape index (κ1) is 11.9. The van der Waals surface area contributed by atoms with Crippen LogP contribution in [0.1, 0.15) is 23.7 Å². The normalized spacial score (nSPS) is 25.2. The summed E-state index contributed by atoms with van der Waals surface area (Å²) in [4.78, 5) is 12.2. The quantitative estimate of drug-likeness (QED) is 0.756. The molecule has 0 bridgehead atoms. The van der Waals surface area contributed by atoms with Crippen LogP contribution in [0, 0.1) is 0 Å². The second-order valence-corrected chi connectivity index (χ2v) is 4.31. The van der Waals surface area contributed by atoms with Crippen LogP contribution in [0.15, 0.2) is 24.3 Å². The number of nitrogens with zero attached hydrogens (tertiary/aromatic N) is 2. The number of carbonyl (C=O) groups excluding carboxylic acids is 1. The summed E-state index contributed by atoms with van der Waals surface area (Å²) in [5.41, 5.74) is 0.201. The van der Waals surface area contributed by atoms with Gasteiger partial charge in [0.05, 0.1) is 5.56 Å². The maximum atomic E-state index is 12.2. The average molecular weight is 236 g/mol. The monoisotopic (exact) mass is 236 g/mol. The van der Waals surface area contributed by atoms with Crippen LogP contribution in [0.4, 0.5) is 0 Å². The molecule has 1 saturated heterocycles. The lowest BCUT2D eigenvalue weighted by Crippen LogP contribution is -2.44. The van der Waals surface area contributed by atoms with Crippen LogP contribution in [0.3, 0.4) is 0 Å². The van der Waals surface area contributed by atoms with E-state index in [1.807, 2.05) is 6.92 Å². The van der Waals surface area contributed by atoms with E-state index in [1.54, 1.807) is 30.3 Å². The number of rotatable bonds is 1. The van der Waals surface area contributed by atoms with Crippen molar-refractivity contribution in [3.8, 4) is 5.75 Å². The third-order valence-electron chi connectivity index (χ3n) is 3.15. The van der Waals surface area contributed by atoms with Crippen molar-refractivity contribution in [2.45, 2.75) is 25.6 Å². The topological polar surface area (TPSA) is 64.0 Å². The zero-order valence-corrected chi connectivity index (χ0v) is 9.87. The number of phenolic OH excluding ortho intramolecular Hbond substituents is 1. The van der Waals surface area contributed by atoms with Crippen molar-refractivity contribution in [3.63, 3.8) is 0 Å². The molecule has 0 aromatic heterocycles.